The monoisotopic (exact) mass is 366 g/mol. The average molecular weight is 366 g/mol. The van der Waals surface area contributed by atoms with Crippen LogP contribution in [0.1, 0.15) is 29.5 Å². The molecule has 3 aromatic rings. The number of aliphatic hydroxyl groups is 1. The molecule has 0 aliphatic heterocycles. The zero-order chi connectivity index (χ0) is 18.5. The largest absolute Gasteiger partial charge is 0.419 e. The molecule has 1 aromatic carbocycles. The fourth-order valence-electron chi connectivity index (χ4n) is 3.06. The third kappa shape index (κ3) is 2.78. The van der Waals surface area contributed by atoms with Crippen LogP contribution >= 0.6 is 0 Å². The van der Waals surface area contributed by atoms with Gasteiger partial charge in [0.15, 0.2) is 5.65 Å². The molecule has 2 heterocycles. The van der Waals surface area contributed by atoms with E-state index in [4.69, 9.17) is 0 Å². The fraction of sp³-hybridized carbons (Fsp3) is 0.294. The predicted octanol–water partition coefficient (Wildman–Crippen LogP) is 3.48. The number of nitrogens with one attached hydrogen (secondary N) is 1. The van der Waals surface area contributed by atoms with Crippen molar-refractivity contribution in [3.05, 3.63) is 59.2 Å². The molecule has 9 heteroatoms. The van der Waals surface area contributed by atoms with Gasteiger partial charge in [0.05, 0.1) is 17.7 Å². The number of nitrogens with zero attached hydrogens (tertiary/aromatic N) is 3. The van der Waals surface area contributed by atoms with Crippen LogP contribution in [0.4, 0.5) is 23.4 Å². The second kappa shape index (κ2) is 5.66. The van der Waals surface area contributed by atoms with Crippen molar-refractivity contribution in [2.45, 2.75) is 31.2 Å². The molecule has 0 atom stereocenters. The molecule has 26 heavy (non-hydrogen) atoms. The second-order valence-electron chi connectivity index (χ2n) is 6.34. The first kappa shape index (κ1) is 16.8. The van der Waals surface area contributed by atoms with Crippen LogP contribution in [0, 0.1) is 5.82 Å². The lowest BCUT2D eigenvalue weighted by atomic mass is 10.0. The number of aromatic nitrogens is 3. The van der Waals surface area contributed by atoms with Gasteiger partial charge in [0.1, 0.15) is 18.0 Å². The zero-order valence-electron chi connectivity index (χ0n) is 13.4. The van der Waals surface area contributed by atoms with Crippen molar-refractivity contribution in [3.63, 3.8) is 0 Å². The van der Waals surface area contributed by atoms with Crippen LogP contribution in [-0.2, 0) is 18.3 Å². The van der Waals surface area contributed by atoms with Gasteiger partial charge in [-0.15, -0.1) is 0 Å². The fourth-order valence-corrected chi connectivity index (χ4v) is 3.06. The van der Waals surface area contributed by atoms with Crippen LogP contribution in [0.15, 0.2) is 36.7 Å². The summed E-state index contributed by atoms with van der Waals surface area (Å²) in [7, 11) is 0. The summed E-state index contributed by atoms with van der Waals surface area (Å²) < 4.78 is 53.8. The number of fused-ring (bicyclic) bond motifs is 1. The van der Waals surface area contributed by atoms with Crippen LogP contribution in [0.2, 0.25) is 0 Å². The molecule has 0 radical (unpaired) electrons. The zero-order valence-corrected chi connectivity index (χ0v) is 13.4. The molecule has 2 aromatic heterocycles. The average Bonchev–Trinajstić information content (AvgIpc) is 3.20. The Morgan fingerprint density at radius 1 is 1.19 bits per heavy atom. The van der Waals surface area contributed by atoms with Gasteiger partial charge >= 0.3 is 6.18 Å². The van der Waals surface area contributed by atoms with Crippen molar-refractivity contribution in [3.8, 4) is 0 Å². The molecular formula is C17H14F4N4O. The van der Waals surface area contributed by atoms with Gasteiger partial charge in [0.2, 0.25) is 0 Å². The Morgan fingerprint density at radius 3 is 2.58 bits per heavy atom. The van der Waals surface area contributed by atoms with E-state index in [0.29, 0.717) is 35.4 Å². The van der Waals surface area contributed by atoms with Gasteiger partial charge in [-0.2, -0.15) is 22.8 Å². The summed E-state index contributed by atoms with van der Waals surface area (Å²) >= 11 is 0. The topological polar surface area (TPSA) is 62.5 Å². The molecule has 1 fully saturated rings. The Kier molecular flexibility index (Phi) is 3.65. The summed E-state index contributed by atoms with van der Waals surface area (Å²) in [5, 5.41) is 16.7. The highest BCUT2D eigenvalue weighted by molar-refractivity contribution is 5.55. The Hall–Kier alpha value is -2.68. The Balaban J connectivity index is 1.71. The molecule has 5 nitrogen and oxygen atoms in total. The maximum absolute atomic E-state index is 14.0. The smallest absolute Gasteiger partial charge is 0.392 e. The van der Waals surface area contributed by atoms with Crippen molar-refractivity contribution >= 4 is 11.5 Å². The van der Waals surface area contributed by atoms with Gasteiger partial charge in [0, 0.05) is 0 Å². The van der Waals surface area contributed by atoms with Crippen molar-refractivity contribution in [2.75, 3.05) is 5.32 Å². The van der Waals surface area contributed by atoms with E-state index in [1.165, 1.54) is 16.9 Å². The normalized spacial score (nSPS) is 16.0. The summed E-state index contributed by atoms with van der Waals surface area (Å²) in [6.45, 7) is -0.194. The van der Waals surface area contributed by atoms with Gasteiger partial charge in [-0.3, -0.25) is 0 Å². The molecule has 1 saturated carbocycles. The quantitative estimate of drug-likeness (QED) is 0.694. The minimum absolute atomic E-state index is 0.194. The standard InChI is InChI=1S/C17H14F4N4O/c18-13-7-11(1-2-12(13)17(19,20)21)16(3-4-16)24-15-6-10(8-26)5-14-22-9-23-25(14)15/h1-2,5-7,9,24,26H,3-4,8H2. The number of anilines is 1. The summed E-state index contributed by atoms with van der Waals surface area (Å²) in [6, 6.07) is 6.34. The van der Waals surface area contributed by atoms with Gasteiger partial charge in [0.25, 0.3) is 0 Å². The second-order valence-corrected chi connectivity index (χ2v) is 6.34. The summed E-state index contributed by atoms with van der Waals surface area (Å²) in [5.41, 5.74) is -0.378. The van der Waals surface area contributed by atoms with E-state index in [1.807, 2.05) is 0 Å². The number of halogens is 4. The minimum atomic E-state index is -4.73. The molecule has 4 rings (SSSR count). The molecular weight excluding hydrogens is 352 g/mol. The van der Waals surface area contributed by atoms with Crippen molar-refractivity contribution in [1.82, 2.24) is 14.6 Å². The van der Waals surface area contributed by atoms with E-state index in [-0.39, 0.29) is 6.61 Å². The lowest BCUT2D eigenvalue weighted by Crippen LogP contribution is -2.22. The Labute approximate surface area is 145 Å². The highest BCUT2D eigenvalue weighted by atomic mass is 19.4. The lowest BCUT2D eigenvalue weighted by Gasteiger charge is -2.21. The third-order valence-corrected chi connectivity index (χ3v) is 4.57. The molecule has 0 saturated heterocycles. The molecule has 136 valence electrons. The van der Waals surface area contributed by atoms with Crippen LogP contribution in [0.3, 0.4) is 0 Å². The summed E-state index contributed by atoms with van der Waals surface area (Å²) in [6.07, 6.45) is -2.09. The van der Waals surface area contributed by atoms with Gasteiger partial charge in [-0.1, -0.05) is 6.07 Å². The molecule has 2 N–H and O–H groups in total. The van der Waals surface area contributed by atoms with Gasteiger partial charge in [-0.05, 0) is 48.2 Å². The maximum Gasteiger partial charge on any atom is 0.419 e. The number of rotatable bonds is 4. The molecule has 0 unspecified atom stereocenters. The van der Waals surface area contributed by atoms with Crippen molar-refractivity contribution in [1.29, 1.82) is 0 Å². The number of hydrogen-bond acceptors (Lipinski definition) is 4. The van der Waals surface area contributed by atoms with Crippen LogP contribution in [0.25, 0.3) is 5.65 Å². The van der Waals surface area contributed by atoms with E-state index in [2.05, 4.69) is 15.4 Å². The number of hydrogen-bond donors (Lipinski definition) is 2. The SMILES string of the molecule is OCc1cc(NC2(c3ccc(C(F)(F)F)c(F)c3)CC2)n2ncnc2c1. The first-order valence-electron chi connectivity index (χ1n) is 7.91. The highest BCUT2D eigenvalue weighted by Crippen LogP contribution is 2.49. The molecule has 1 aliphatic carbocycles. The third-order valence-electron chi connectivity index (χ3n) is 4.57. The van der Waals surface area contributed by atoms with E-state index in [0.717, 1.165) is 12.1 Å². The van der Waals surface area contributed by atoms with Crippen LogP contribution in [0.5, 0.6) is 0 Å². The van der Waals surface area contributed by atoms with Crippen molar-refractivity contribution < 1.29 is 22.7 Å². The minimum Gasteiger partial charge on any atom is -0.392 e. The lowest BCUT2D eigenvalue weighted by molar-refractivity contribution is -0.140. The van der Waals surface area contributed by atoms with Crippen molar-refractivity contribution in [2.24, 2.45) is 0 Å². The molecule has 0 amide bonds. The highest BCUT2D eigenvalue weighted by Gasteiger charge is 2.46. The van der Waals surface area contributed by atoms with Crippen LogP contribution < -0.4 is 5.32 Å². The number of benzene rings is 1. The predicted molar refractivity (Wildman–Crippen MR) is 84.8 cm³/mol. The van der Waals surface area contributed by atoms with E-state index >= 15 is 0 Å². The van der Waals surface area contributed by atoms with E-state index in [1.54, 1.807) is 12.1 Å². The summed E-state index contributed by atoms with van der Waals surface area (Å²) in [5.74, 6) is -0.764. The van der Waals surface area contributed by atoms with E-state index in [9.17, 15) is 22.7 Å². The summed E-state index contributed by atoms with van der Waals surface area (Å²) in [4.78, 5) is 4.08. The maximum atomic E-state index is 14.0. The van der Waals surface area contributed by atoms with Crippen LogP contribution in [-0.4, -0.2) is 19.7 Å². The molecule has 1 aliphatic rings. The molecule has 0 spiro atoms. The van der Waals surface area contributed by atoms with E-state index < -0.39 is 23.1 Å². The number of pyridine rings is 1. The molecule has 0 bridgehead atoms. The number of alkyl halides is 3. The Morgan fingerprint density at radius 2 is 1.96 bits per heavy atom. The van der Waals surface area contributed by atoms with Gasteiger partial charge < -0.3 is 10.4 Å². The first-order valence-corrected chi connectivity index (χ1v) is 7.91. The Bertz CT molecular complexity index is 979. The number of aliphatic hydroxyl groups excluding tert-OH is 1. The first-order chi connectivity index (χ1) is 12.3. The van der Waals surface area contributed by atoms with Gasteiger partial charge in [-0.25, -0.2) is 9.37 Å².